The van der Waals surface area contributed by atoms with Crippen LogP contribution >= 0.6 is 0 Å². The first kappa shape index (κ1) is 16.5. The number of nitrogens with one attached hydrogen (secondary N) is 1. The third-order valence-electron chi connectivity index (χ3n) is 5.00. The molecule has 3 rings (SSSR count). The van der Waals surface area contributed by atoms with Crippen LogP contribution < -0.4 is 11.1 Å². The van der Waals surface area contributed by atoms with Gasteiger partial charge < -0.3 is 16.0 Å². The molecule has 1 saturated heterocycles. The van der Waals surface area contributed by atoms with Crippen LogP contribution in [0.15, 0.2) is 30.3 Å². The van der Waals surface area contributed by atoms with Gasteiger partial charge in [0.1, 0.15) is 6.04 Å². The molecule has 1 heterocycles. The molecule has 0 unspecified atom stereocenters. The van der Waals surface area contributed by atoms with E-state index < -0.39 is 17.9 Å². The normalized spacial score (nSPS) is 22.6. The molecule has 24 heavy (non-hydrogen) atoms. The molecule has 0 spiro atoms. The molecule has 0 bridgehead atoms. The van der Waals surface area contributed by atoms with Gasteiger partial charge in [-0.3, -0.25) is 14.4 Å². The molecular weight excluding hydrogens is 306 g/mol. The maximum absolute atomic E-state index is 12.5. The average Bonchev–Trinajstić information content (AvgIpc) is 3.22. The van der Waals surface area contributed by atoms with E-state index in [1.165, 1.54) is 0 Å². The van der Waals surface area contributed by atoms with Crippen LogP contribution in [0.2, 0.25) is 0 Å². The van der Waals surface area contributed by atoms with Crippen LogP contribution in [0.1, 0.15) is 43.7 Å². The van der Waals surface area contributed by atoms with Crippen molar-refractivity contribution in [3.8, 4) is 0 Å². The molecule has 1 aromatic carbocycles. The summed E-state index contributed by atoms with van der Waals surface area (Å²) in [6, 6.07) is 8.32. The van der Waals surface area contributed by atoms with E-state index in [0.29, 0.717) is 12.1 Å². The number of carbonyl (C=O) groups excluding carboxylic acids is 3. The van der Waals surface area contributed by atoms with Crippen molar-refractivity contribution >= 4 is 17.7 Å². The highest BCUT2D eigenvalue weighted by molar-refractivity contribution is 5.92. The second-order valence-electron chi connectivity index (χ2n) is 6.64. The van der Waals surface area contributed by atoms with Gasteiger partial charge in [0.2, 0.25) is 17.7 Å². The van der Waals surface area contributed by atoms with E-state index in [-0.39, 0.29) is 24.3 Å². The predicted octanol–water partition coefficient (Wildman–Crippen LogP) is 1.12. The zero-order chi connectivity index (χ0) is 17.1. The lowest BCUT2D eigenvalue weighted by molar-refractivity contribution is -0.131. The number of benzene rings is 1. The molecule has 1 aromatic rings. The van der Waals surface area contributed by atoms with Crippen LogP contribution in [0.4, 0.5) is 0 Å². The highest BCUT2D eigenvalue weighted by Crippen LogP contribution is 2.29. The molecule has 2 atom stereocenters. The van der Waals surface area contributed by atoms with Crippen LogP contribution in [0.5, 0.6) is 0 Å². The fraction of sp³-hybridized carbons (Fsp3) is 0.500. The molecule has 1 saturated carbocycles. The third kappa shape index (κ3) is 3.42. The smallest absolute Gasteiger partial charge is 0.244 e. The summed E-state index contributed by atoms with van der Waals surface area (Å²) in [5.41, 5.74) is 6.09. The van der Waals surface area contributed by atoms with Crippen LogP contribution in [0.25, 0.3) is 0 Å². The minimum atomic E-state index is -0.866. The first-order valence-corrected chi connectivity index (χ1v) is 8.50. The zero-order valence-electron chi connectivity index (χ0n) is 13.6. The minimum absolute atomic E-state index is 0.0392. The number of hydrogen-bond acceptors (Lipinski definition) is 3. The number of primary amides is 1. The summed E-state index contributed by atoms with van der Waals surface area (Å²) < 4.78 is 0. The molecule has 6 nitrogen and oxygen atoms in total. The lowest BCUT2D eigenvalue weighted by atomic mass is 10.0. The van der Waals surface area contributed by atoms with Crippen LogP contribution in [-0.4, -0.2) is 35.2 Å². The molecule has 1 aliphatic heterocycles. The van der Waals surface area contributed by atoms with Gasteiger partial charge in [0.25, 0.3) is 0 Å². The molecule has 1 aliphatic carbocycles. The number of rotatable bonds is 5. The van der Waals surface area contributed by atoms with Crippen molar-refractivity contribution in [1.29, 1.82) is 0 Å². The Balaban J connectivity index is 1.65. The van der Waals surface area contributed by atoms with E-state index in [1.807, 2.05) is 11.0 Å². The number of nitrogens with zero attached hydrogens (tertiary/aromatic N) is 1. The Bertz CT molecular complexity index is 626. The van der Waals surface area contributed by atoms with Crippen molar-refractivity contribution in [2.24, 2.45) is 11.7 Å². The van der Waals surface area contributed by atoms with E-state index in [2.05, 4.69) is 5.32 Å². The largest absolute Gasteiger partial charge is 0.368 e. The van der Waals surface area contributed by atoms with Crippen molar-refractivity contribution in [3.63, 3.8) is 0 Å². The maximum atomic E-state index is 12.5. The Morgan fingerprint density at radius 1 is 1.17 bits per heavy atom. The van der Waals surface area contributed by atoms with Crippen LogP contribution in [0.3, 0.4) is 0 Å². The highest BCUT2D eigenvalue weighted by Gasteiger charge is 2.39. The molecule has 0 radical (unpaired) electrons. The van der Waals surface area contributed by atoms with E-state index in [4.69, 9.17) is 5.73 Å². The van der Waals surface area contributed by atoms with E-state index in [1.54, 1.807) is 24.3 Å². The highest BCUT2D eigenvalue weighted by atomic mass is 16.2. The van der Waals surface area contributed by atoms with Crippen molar-refractivity contribution < 1.29 is 14.4 Å². The number of hydrogen-bond donors (Lipinski definition) is 2. The molecule has 6 heteroatoms. The second kappa shape index (κ2) is 7.03. The summed E-state index contributed by atoms with van der Waals surface area (Å²) in [5, 5.41) is 2.71. The lowest BCUT2D eigenvalue weighted by Crippen LogP contribution is -2.41. The van der Waals surface area contributed by atoms with Gasteiger partial charge in [-0.15, -0.1) is 0 Å². The van der Waals surface area contributed by atoms with Crippen LogP contribution in [-0.2, 0) is 14.4 Å². The fourth-order valence-electron chi connectivity index (χ4n) is 3.70. The number of likely N-dealkylation sites (tertiary alicyclic amines) is 1. The Labute approximate surface area is 141 Å². The Morgan fingerprint density at radius 2 is 1.83 bits per heavy atom. The summed E-state index contributed by atoms with van der Waals surface area (Å²) in [7, 11) is 0. The average molecular weight is 329 g/mol. The van der Waals surface area contributed by atoms with E-state index in [0.717, 1.165) is 25.7 Å². The van der Waals surface area contributed by atoms with Gasteiger partial charge in [-0.1, -0.05) is 43.2 Å². The topological polar surface area (TPSA) is 92.5 Å². The molecule has 0 aromatic heterocycles. The van der Waals surface area contributed by atoms with Gasteiger partial charge in [0, 0.05) is 19.0 Å². The Kier molecular flexibility index (Phi) is 4.83. The molecule has 3 N–H and O–H groups in total. The van der Waals surface area contributed by atoms with Crippen LogP contribution in [0, 0.1) is 5.92 Å². The number of carbonyl (C=O) groups is 3. The monoisotopic (exact) mass is 329 g/mol. The van der Waals surface area contributed by atoms with Crippen molar-refractivity contribution in [2.75, 3.05) is 6.54 Å². The van der Waals surface area contributed by atoms with E-state index in [9.17, 15) is 14.4 Å². The summed E-state index contributed by atoms with van der Waals surface area (Å²) in [4.78, 5) is 38.3. The second-order valence-corrected chi connectivity index (χ2v) is 6.64. The van der Waals surface area contributed by atoms with Crippen molar-refractivity contribution in [2.45, 2.75) is 44.2 Å². The summed E-state index contributed by atoms with van der Waals surface area (Å²) in [6.45, 7) is 0.440. The minimum Gasteiger partial charge on any atom is -0.368 e. The number of nitrogens with two attached hydrogens (primary N) is 1. The molecule has 3 amide bonds. The third-order valence-corrected chi connectivity index (χ3v) is 5.00. The number of amides is 3. The quantitative estimate of drug-likeness (QED) is 0.848. The first-order chi connectivity index (χ1) is 11.6. The predicted molar refractivity (Wildman–Crippen MR) is 88.6 cm³/mol. The zero-order valence-corrected chi connectivity index (χ0v) is 13.6. The summed E-state index contributed by atoms with van der Waals surface area (Å²) in [5.74, 6) is -1.26. The van der Waals surface area contributed by atoms with Gasteiger partial charge in [0.05, 0.1) is 5.92 Å². The lowest BCUT2D eigenvalue weighted by Gasteiger charge is -2.24. The first-order valence-electron chi connectivity index (χ1n) is 8.50. The van der Waals surface area contributed by atoms with E-state index >= 15 is 0 Å². The summed E-state index contributed by atoms with van der Waals surface area (Å²) >= 11 is 0. The molecular formula is C18H23N3O3. The van der Waals surface area contributed by atoms with Gasteiger partial charge in [0.15, 0.2) is 0 Å². The van der Waals surface area contributed by atoms with Gasteiger partial charge in [-0.2, -0.15) is 0 Å². The Morgan fingerprint density at radius 3 is 2.46 bits per heavy atom. The summed E-state index contributed by atoms with van der Waals surface area (Å²) in [6.07, 6.45) is 4.54. The van der Waals surface area contributed by atoms with Crippen molar-refractivity contribution in [3.05, 3.63) is 35.9 Å². The van der Waals surface area contributed by atoms with Gasteiger partial charge in [-0.05, 0) is 18.4 Å². The van der Waals surface area contributed by atoms with Crippen molar-refractivity contribution in [1.82, 2.24) is 10.2 Å². The Hall–Kier alpha value is -2.37. The SMILES string of the molecule is NC(=O)[C@@H](NC(=O)[C@H]1CC(=O)N(C2CCCC2)C1)c1ccccc1. The fourth-order valence-corrected chi connectivity index (χ4v) is 3.70. The molecule has 2 aliphatic rings. The molecule has 128 valence electrons. The standard InChI is InChI=1S/C18H23N3O3/c19-17(23)16(12-6-2-1-3-7-12)20-18(24)13-10-15(22)21(11-13)14-8-4-5-9-14/h1-3,6-7,13-14,16H,4-5,8-11H2,(H2,19,23)(H,20,24)/t13-,16-/m0/s1. The molecule has 2 fully saturated rings. The van der Waals surface area contributed by atoms with Gasteiger partial charge >= 0.3 is 0 Å². The van der Waals surface area contributed by atoms with Gasteiger partial charge in [-0.25, -0.2) is 0 Å². The maximum Gasteiger partial charge on any atom is 0.244 e.